The summed E-state index contributed by atoms with van der Waals surface area (Å²) < 4.78 is 5.51. The van der Waals surface area contributed by atoms with Crippen molar-refractivity contribution in [3.8, 4) is 11.5 Å². The number of benzene rings is 1. The smallest absolute Gasteiger partial charge is 0.329 e. The molecule has 36 heavy (non-hydrogen) atoms. The minimum atomic E-state index is -0.222. The predicted octanol–water partition coefficient (Wildman–Crippen LogP) is 7.57. The maximum absolute atomic E-state index is 11.8. The molecule has 0 aliphatic heterocycles. The fraction of sp³-hybridized carbons (Fsp3) is 0.759. The number of hydrogen-bond acceptors (Lipinski definition) is 5. The van der Waals surface area contributed by atoms with E-state index in [4.69, 9.17) is 4.74 Å². The molecule has 4 N–H and O–H groups in total. The second kappa shape index (κ2) is 23.8. The largest absolute Gasteiger partial charge is 0.508 e. The Morgan fingerprint density at radius 1 is 0.861 bits per heavy atom. The minimum Gasteiger partial charge on any atom is -0.508 e. The lowest BCUT2D eigenvalue weighted by Gasteiger charge is -2.12. The number of thioether (sulfide) groups is 1. The van der Waals surface area contributed by atoms with Gasteiger partial charge in [0.05, 0.1) is 0 Å². The number of nitrogens with one attached hydrogen (secondary N) is 3. The van der Waals surface area contributed by atoms with Crippen LogP contribution >= 0.6 is 11.8 Å². The first-order valence-corrected chi connectivity index (χ1v) is 15.5. The summed E-state index contributed by atoms with van der Waals surface area (Å²) in [5, 5.41) is 12.8. The number of hydrogen-bond donors (Lipinski definition) is 4. The third kappa shape index (κ3) is 20.6. The van der Waals surface area contributed by atoms with E-state index in [1.165, 1.54) is 96.3 Å². The lowest BCUT2D eigenvalue weighted by molar-refractivity contribution is 0.234. The Labute approximate surface area is 225 Å². The average molecular weight is 524 g/mol. The molecule has 0 saturated heterocycles. The monoisotopic (exact) mass is 523 g/mol. The summed E-state index contributed by atoms with van der Waals surface area (Å²) in [5.41, 5.74) is 5.46. The molecule has 1 unspecified atom stereocenters. The normalized spacial score (nSPS) is 11.8. The first kappa shape index (κ1) is 32.4. The maximum atomic E-state index is 11.8. The fourth-order valence-electron chi connectivity index (χ4n) is 4.08. The Morgan fingerprint density at radius 3 is 2.00 bits per heavy atom. The van der Waals surface area contributed by atoms with Crippen molar-refractivity contribution >= 4 is 17.8 Å². The van der Waals surface area contributed by atoms with Crippen molar-refractivity contribution in [2.45, 2.75) is 115 Å². The van der Waals surface area contributed by atoms with Crippen molar-refractivity contribution in [1.82, 2.24) is 16.2 Å². The quantitative estimate of drug-likeness (QED) is 0.0830. The molecule has 0 fully saturated rings. The number of ether oxygens (including phenoxy) is 1. The van der Waals surface area contributed by atoms with Gasteiger partial charge in [0.1, 0.15) is 18.1 Å². The predicted molar refractivity (Wildman–Crippen MR) is 155 cm³/mol. The summed E-state index contributed by atoms with van der Waals surface area (Å²) in [5.74, 6) is 1.82. The number of hydrazine groups is 1. The lowest BCUT2D eigenvalue weighted by atomic mass is 10.0. The zero-order valence-corrected chi connectivity index (χ0v) is 23.8. The molecule has 7 heteroatoms. The summed E-state index contributed by atoms with van der Waals surface area (Å²) in [6.07, 6.45) is 20.9. The Morgan fingerprint density at radius 2 is 1.42 bits per heavy atom. The standard InChI is InChI=1S/C29H53N3O3S/c1-3-4-5-6-7-8-9-10-11-12-13-14-15-16-17-26(2)36-25-23-30-29(34)32-31-22-24-35-28-20-18-27(33)19-21-28/h18-21,26,31,33H,3-17,22-25H2,1-2H3,(H2,30,32,34). The van der Waals surface area contributed by atoms with Gasteiger partial charge in [-0.3, -0.25) is 5.43 Å². The number of urea groups is 1. The van der Waals surface area contributed by atoms with Crippen molar-refractivity contribution in [3.05, 3.63) is 24.3 Å². The van der Waals surface area contributed by atoms with Crippen LogP contribution in [0.3, 0.4) is 0 Å². The minimum absolute atomic E-state index is 0.209. The number of carbonyl (C=O) groups excluding carboxylic acids is 1. The first-order chi connectivity index (χ1) is 17.6. The molecule has 1 rings (SSSR count). The summed E-state index contributed by atoms with van der Waals surface area (Å²) >= 11 is 1.93. The second-order valence-electron chi connectivity index (χ2n) is 9.72. The lowest BCUT2D eigenvalue weighted by Crippen LogP contribution is -2.46. The molecule has 0 aromatic heterocycles. The Kier molecular flexibility index (Phi) is 21.4. The van der Waals surface area contributed by atoms with Gasteiger partial charge in [-0.05, 0) is 30.7 Å². The van der Waals surface area contributed by atoms with E-state index < -0.39 is 0 Å². The molecular weight excluding hydrogens is 470 g/mol. The molecule has 2 amide bonds. The molecule has 1 aromatic rings. The number of carbonyl (C=O) groups is 1. The van der Waals surface area contributed by atoms with Gasteiger partial charge in [0, 0.05) is 24.1 Å². The second-order valence-corrected chi connectivity index (χ2v) is 11.3. The highest BCUT2D eigenvalue weighted by atomic mass is 32.2. The van der Waals surface area contributed by atoms with E-state index in [-0.39, 0.29) is 11.8 Å². The van der Waals surface area contributed by atoms with Crippen molar-refractivity contribution in [1.29, 1.82) is 0 Å². The van der Waals surface area contributed by atoms with Gasteiger partial charge in [0.25, 0.3) is 0 Å². The Balaban J connectivity index is 1.80. The first-order valence-electron chi connectivity index (χ1n) is 14.4. The van der Waals surface area contributed by atoms with E-state index in [0.29, 0.717) is 30.7 Å². The summed E-state index contributed by atoms with van der Waals surface area (Å²) in [6, 6.07) is 6.33. The molecule has 208 valence electrons. The van der Waals surface area contributed by atoms with Crippen molar-refractivity contribution < 1.29 is 14.6 Å². The van der Waals surface area contributed by atoms with E-state index in [1.807, 2.05) is 11.8 Å². The highest BCUT2D eigenvalue weighted by Crippen LogP contribution is 2.18. The zero-order valence-electron chi connectivity index (χ0n) is 23.0. The van der Waals surface area contributed by atoms with Crippen LogP contribution in [-0.4, -0.2) is 41.8 Å². The van der Waals surface area contributed by atoms with Crippen LogP contribution in [0, 0.1) is 0 Å². The molecule has 0 spiro atoms. The molecule has 0 aliphatic carbocycles. The maximum Gasteiger partial charge on any atom is 0.329 e. The molecule has 0 heterocycles. The van der Waals surface area contributed by atoms with Crippen LogP contribution in [0.2, 0.25) is 0 Å². The van der Waals surface area contributed by atoms with Crippen LogP contribution in [0.25, 0.3) is 0 Å². The highest BCUT2D eigenvalue weighted by Gasteiger charge is 2.04. The fourth-order valence-corrected chi connectivity index (χ4v) is 5.04. The van der Waals surface area contributed by atoms with E-state index in [2.05, 4.69) is 30.0 Å². The van der Waals surface area contributed by atoms with Crippen LogP contribution < -0.4 is 20.9 Å². The average Bonchev–Trinajstić information content (AvgIpc) is 2.87. The number of phenolic OH excluding ortho intramolecular Hbond substituents is 1. The number of amides is 2. The van der Waals surface area contributed by atoms with Crippen LogP contribution in [0.15, 0.2) is 24.3 Å². The van der Waals surface area contributed by atoms with Gasteiger partial charge in [-0.25, -0.2) is 10.2 Å². The Hall–Kier alpha value is -1.60. The van der Waals surface area contributed by atoms with Gasteiger partial charge >= 0.3 is 6.03 Å². The third-order valence-electron chi connectivity index (χ3n) is 6.29. The van der Waals surface area contributed by atoms with Crippen molar-refractivity contribution in [2.24, 2.45) is 0 Å². The van der Waals surface area contributed by atoms with Crippen molar-refractivity contribution in [2.75, 3.05) is 25.4 Å². The molecule has 0 radical (unpaired) electrons. The number of aromatic hydroxyl groups is 1. The molecule has 0 saturated carbocycles. The topological polar surface area (TPSA) is 82.6 Å². The van der Waals surface area contributed by atoms with E-state index in [9.17, 15) is 9.90 Å². The zero-order chi connectivity index (χ0) is 26.1. The van der Waals surface area contributed by atoms with E-state index in [1.54, 1.807) is 24.3 Å². The summed E-state index contributed by atoms with van der Waals surface area (Å²) in [7, 11) is 0. The molecular formula is C29H53N3O3S. The van der Waals surface area contributed by atoms with E-state index >= 15 is 0 Å². The molecule has 0 aliphatic rings. The van der Waals surface area contributed by atoms with Gasteiger partial charge < -0.3 is 15.2 Å². The highest BCUT2D eigenvalue weighted by molar-refractivity contribution is 7.99. The molecule has 6 nitrogen and oxygen atoms in total. The number of phenols is 1. The van der Waals surface area contributed by atoms with Gasteiger partial charge in [-0.15, -0.1) is 0 Å². The van der Waals surface area contributed by atoms with Gasteiger partial charge in [0.2, 0.25) is 0 Å². The van der Waals surface area contributed by atoms with Crippen LogP contribution in [-0.2, 0) is 0 Å². The number of rotatable bonds is 24. The molecule has 1 aromatic carbocycles. The molecule has 0 bridgehead atoms. The molecule has 1 atom stereocenters. The summed E-state index contributed by atoms with van der Waals surface area (Å²) in [4.78, 5) is 11.8. The van der Waals surface area contributed by atoms with E-state index in [0.717, 1.165) is 5.75 Å². The van der Waals surface area contributed by atoms with Crippen LogP contribution in [0.5, 0.6) is 11.5 Å². The van der Waals surface area contributed by atoms with Gasteiger partial charge in [-0.2, -0.15) is 11.8 Å². The summed E-state index contributed by atoms with van der Waals surface area (Å²) in [6.45, 7) is 6.13. The van der Waals surface area contributed by atoms with Gasteiger partial charge in [0.15, 0.2) is 0 Å². The SMILES string of the molecule is CCCCCCCCCCCCCCCCC(C)SCCNC(=O)NNCCOc1ccc(O)cc1. The number of unbranched alkanes of at least 4 members (excludes halogenated alkanes) is 13. The van der Waals surface area contributed by atoms with Crippen LogP contribution in [0.4, 0.5) is 4.79 Å². The van der Waals surface area contributed by atoms with Crippen LogP contribution in [0.1, 0.15) is 110 Å². The van der Waals surface area contributed by atoms with Crippen molar-refractivity contribution in [3.63, 3.8) is 0 Å². The Bertz CT molecular complexity index is 631. The third-order valence-corrected chi connectivity index (χ3v) is 7.53. The van der Waals surface area contributed by atoms with Gasteiger partial charge in [-0.1, -0.05) is 104 Å².